The van der Waals surface area contributed by atoms with Crippen molar-refractivity contribution in [2.24, 2.45) is 5.73 Å². The maximum absolute atomic E-state index is 12.0. The van der Waals surface area contributed by atoms with Crippen molar-refractivity contribution in [1.29, 1.82) is 0 Å². The summed E-state index contributed by atoms with van der Waals surface area (Å²) in [5.41, 5.74) is 6.47. The molecule has 1 unspecified atom stereocenters. The molecule has 1 aromatic carbocycles. The first-order valence-electron chi connectivity index (χ1n) is 6.15. The summed E-state index contributed by atoms with van der Waals surface area (Å²) in [6.07, 6.45) is 1.98. The van der Waals surface area contributed by atoms with Gasteiger partial charge < -0.3 is 11.1 Å². The third-order valence-corrected chi connectivity index (χ3v) is 3.91. The summed E-state index contributed by atoms with van der Waals surface area (Å²) in [6.45, 7) is 1.20. The quantitative estimate of drug-likeness (QED) is 0.823. The molecular weight excluding hydrogens is 326 g/mol. The lowest BCUT2D eigenvalue weighted by molar-refractivity contribution is -0.117. The van der Waals surface area contributed by atoms with Crippen LogP contribution in [0.4, 0.5) is 5.69 Å². The fraction of sp³-hybridized carbons (Fsp3) is 0.385. The molecule has 1 atom stereocenters. The molecule has 102 valence electrons. The summed E-state index contributed by atoms with van der Waals surface area (Å²) in [5, 5.41) is 2.87. The molecule has 1 saturated heterocycles. The number of rotatable bonds is 4. The number of halogens is 1. The van der Waals surface area contributed by atoms with Crippen LogP contribution in [0.15, 0.2) is 28.7 Å². The number of amides is 1. The molecule has 0 spiro atoms. The number of likely N-dealkylation sites (tertiary alicyclic amines) is 1. The number of hydrogen-bond donors (Lipinski definition) is 2. The van der Waals surface area contributed by atoms with E-state index in [1.807, 2.05) is 29.2 Å². The molecule has 0 bridgehead atoms. The van der Waals surface area contributed by atoms with Gasteiger partial charge in [0.2, 0.25) is 5.91 Å². The minimum absolute atomic E-state index is 0.0405. The van der Waals surface area contributed by atoms with Crippen molar-refractivity contribution in [1.82, 2.24) is 4.90 Å². The highest BCUT2D eigenvalue weighted by molar-refractivity contribution is 9.10. The Balaban J connectivity index is 1.92. The highest BCUT2D eigenvalue weighted by atomic mass is 79.9. The van der Waals surface area contributed by atoms with Gasteiger partial charge in [-0.3, -0.25) is 9.69 Å². The smallest absolute Gasteiger partial charge is 0.238 e. The second kappa shape index (κ2) is 6.45. The molecule has 1 heterocycles. The van der Waals surface area contributed by atoms with Gasteiger partial charge in [-0.05, 0) is 37.6 Å². The Labute approximate surface area is 126 Å². The van der Waals surface area contributed by atoms with Crippen LogP contribution in [-0.4, -0.2) is 34.9 Å². The van der Waals surface area contributed by atoms with E-state index in [0.29, 0.717) is 11.5 Å². The van der Waals surface area contributed by atoms with Gasteiger partial charge in [-0.2, -0.15) is 0 Å². The van der Waals surface area contributed by atoms with Gasteiger partial charge in [0.05, 0.1) is 17.6 Å². The van der Waals surface area contributed by atoms with Crippen molar-refractivity contribution in [3.8, 4) is 0 Å². The zero-order valence-electron chi connectivity index (χ0n) is 10.4. The molecule has 1 fully saturated rings. The minimum atomic E-state index is -0.0405. The average molecular weight is 342 g/mol. The summed E-state index contributed by atoms with van der Waals surface area (Å²) in [4.78, 5) is 14.5. The van der Waals surface area contributed by atoms with E-state index < -0.39 is 0 Å². The fourth-order valence-corrected chi connectivity index (χ4v) is 2.95. The maximum Gasteiger partial charge on any atom is 0.238 e. The molecule has 2 rings (SSSR count). The van der Waals surface area contributed by atoms with Crippen LogP contribution in [0.2, 0.25) is 0 Å². The molecule has 6 heteroatoms. The number of anilines is 1. The summed E-state index contributed by atoms with van der Waals surface area (Å²) in [5.74, 6) is -0.0405. The lowest BCUT2D eigenvalue weighted by Crippen LogP contribution is -2.43. The molecule has 19 heavy (non-hydrogen) atoms. The monoisotopic (exact) mass is 341 g/mol. The van der Waals surface area contributed by atoms with Gasteiger partial charge in [0.1, 0.15) is 0 Å². The molecule has 1 aliphatic rings. The Hall–Kier alpha value is -0.980. The predicted molar refractivity (Wildman–Crippen MR) is 84.2 cm³/mol. The second-order valence-corrected chi connectivity index (χ2v) is 5.98. The summed E-state index contributed by atoms with van der Waals surface area (Å²) < 4.78 is 0.937. The lowest BCUT2D eigenvalue weighted by atomic mass is 10.2. The Bertz CT molecular complexity index is 495. The number of carbonyl (C=O) groups is 1. The van der Waals surface area contributed by atoms with Gasteiger partial charge in [-0.25, -0.2) is 0 Å². The standard InChI is InChI=1S/C13H16BrN3OS/c14-9-3-1-4-10(7-9)16-12(18)8-17-6-2-5-11(17)13(15)19/h1,3-4,7,11H,2,5-6,8H2,(H2,15,19)(H,16,18). The van der Waals surface area contributed by atoms with Crippen LogP contribution < -0.4 is 11.1 Å². The first kappa shape index (κ1) is 14.4. The van der Waals surface area contributed by atoms with E-state index in [0.717, 1.165) is 29.5 Å². The van der Waals surface area contributed by atoms with Crippen molar-refractivity contribution >= 4 is 44.7 Å². The third-order valence-electron chi connectivity index (χ3n) is 3.15. The van der Waals surface area contributed by atoms with Crippen LogP contribution in [0.25, 0.3) is 0 Å². The van der Waals surface area contributed by atoms with Crippen molar-refractivity contribution in [2.75, 3.05) is 18.4 Å². The number of nitrogens with one attached hydrogen (secondary N) is 1. The number of carbonyl (C=O) groups excluding carboxylic acids is 1. The number of nitrogens with two attached hydrogens (primary N) is 1. The van der Waals surface area contributed by atoms with Crippen molar-refractivity contribution in [3.05, 3.63) is 28.7 Å². The van der Waals surface area contributed by atoms with Gasteiger partial charge in [0, 0.05) is 10.2 Å². The van der Waals surface area contributed by atoms with Crippen LogP contribution in [0.5, 0.6) is 0 Å². The molecule has 0 saturated carbocycles. The molecule has 0 aromatic heterocycles. The van der Waals surface area contributed by atoms with Gasteiger partial charge in [0.15, 0.2) is 0 Å². The topological polar surface area (TPSA) is 58.4 Å². The average Bonchev–Trinajstić information content (AvgIpc) is 2.76. The van der Waals surface area contributed by atoms with Crippen LogP contribution in [-0.2, 0) is 4.79 Å². The lowest BCUT2D eigenvalue weighted by Gasteiger charge is -2.22. The van der Waals surface area contributed by atoms with Gasteiger partial charge in [-0.1, -0.05) is 34.2 Å². The van der Waals surface area contributed by atoms with E-state index in [1.54, 1.807) is 0 Å². The number of benzene rings is 1. The first-order chi connectivity index (χ1) is 9.06. The van der Waals surface area contributed by atoms with Crippen molar-refractivity contribution < 1.29 is 4.79 Å². The molecule has 0 aliphatic carbocycles. The molecule has 1 amide bonds. The van der Waals surface area contributed by atoms with Crippen LogP contribution >= 0.6 is 28.1 Å². The summed E-state index contributed by atoms with van der Waals surface area (Å²) in [6, 6.07) is 7.58. The zero-order valence-corrected chi connectivity index (χ0v) is 12.8. The highest BCUT2D eigenvalue weighted by Crippen LogP contribution is 2.18. The van der Waals surface area contributed by atoms with Crippen molar-refractivity contribution in [3.63, 3.8) is 0 Å². The van der Waals surface area contributed by atoms with E-state index in [4.69, 9.17) is 18.0 Å². The largest absolute Gasteiger partial charge is 0.392 e. The van der Waals surface area contributed by atoms with E-state index in [2.05, 4.69) is 21.2 Å². The fourth-order valence-electron chi connectivity index (χ4n) is 2.29. The minimum Gasteiger partial charge on any atom is -0.392 e. The molecule has 3 N–H and O–H groups in total. The number of nitrogens with zero attached hydrogens (tertiary/aromatic N) is 1. The maximum atomic E-state index is 12.0. The molecule has 4 nitrogen and oxygen atoms in total. The van der Waals surface area contributed by atoms with E-state index >= 15 is 0 Å². The number of hydrogen-bond acceptors (Lipinski definition) is 3. The zero-order chi connectivity index (χ0) is 13.8. The van der Waals surface area contributed by atoms with Gasteiger partial charge in [-0.15, -0.1) is 0 Å². The molecule has 0 radical (unpaired) electrons. The Morgan fingerprint density at radius 2 is 2.37 bits per heavy atom. The van der Waals surface area contributed by atoms with E-state index in [9.17, 15) is 4.79 Å². The van der Waals surface area contributed by atoms with Crippen LogP contribution in [0.3, 0.4) is 0 Å². The predicted octanol–water partition coefficient (Wildman–Crippen LogP) is 2.14. The molecule has 1 aromatic rings. The van der Waals surface area contributed by atoms with E-state index in [-0.39, 0.29) is 11.9 Å². The van der Waals surface area contributed by atoms with E-state index in [1.165, 1.54) is 0 Å². The normalized spacial score (nSPS) is 19.3. The van der Waals surface area contributed by atoms with Crippen molar-refractivity contribution in [2.45, 2.75) is 18.9 Å². The highest BCUT2D eigenvalue weighted by Gasteiger charge is 2.28. The molecular formula is C13H16BrN3OS. The van der Waals surface area contributed by atoms with Crippen LogP contribution in [0, 0.1) is 0 Å². The first-order valence-corrected chi connectivity index (χ1v) is 7.35. The number of thiocarbonyl (C=S) groups is 1. The Kier molecular flexibility index (Phi) is 4.90. The summed E-state index contributed by atoms with van der Waals surface area (Å²) in [7, 11) is 0. The Morgan fingerprint density at radius 3 is 3.05 bits per heavy atom. The molecule has 1 aliphatic heterocycles. The van der Waals surface area contributed by atoms with Gasteiger partial charge >= 0.3 is 0 Å². The SMILES string of the molecule is NC(=S)C1CCCN1CC(=O)Nc1cccc(Br)c1. The Morgan fingerprint density at radius 1 is 1.58 bits per heavy atom. The van der Waals surface area contributed by atoms with Crippen LogP contribution in [0.1, 0.15) is 12.8 Å². The second-order valence-electron chi connectivity index (χ2n) is 4.59. The summed E-state index contributed by atoms with van der Waals surface area (Å²) >= 11 is 8.40. The van der Waals surface area contributed by atoms with Gasteiger partial charge in [0.25, 0.3) is 0 Å². The third kappa shape index (κ3) is 3.99.